The lowest BCUT2D eigenvalue weighted by atomic mass is 9.87. The SMILES string of the molecule is CSc1ccccc1N1CCN(CCCCCC(=O)NC2CCCc3ccccc32)CC1. The molecule has 1 N–H and O–H groups in total. The third kappa shape index (κ3) is 6.08. The molecule has 172 valence electrons. The Kier molecular flexibility index (Phi) is 8.52. The van der Waals surface area contributed by atoms with Crippen LogP contribution in [0.3, 0.4) is 0 Å². The van der Waals surface area contributed by atoms with Gasteiger partial charge in [0.25, 0.3) is 0 Å². The van der Waals surface area contributed by atoms with E-state index in [0.717, 1.165) is 64.8 Å². The third-order valence-corrected chi connectivity index (χ3v) is 7.67. The molecule has 1 aliphatic carbocycles. The lowest BCUT2D eigenvalue weighted by Crippen LogP contribution is -2.46. The molecule has 1 heterocycles. The van der Waals surface area contributed by atoms with E-state index in [-0.39, 0.29) is 11.9 Å². The molecule has 2 aliphatic rings. The number of nitrogens with one attached hydrogen (secondary N) is 1. The Morgan fingerprint density at radius 1 is 1.00 bits per heavy atom. The second kappa shape index (κ2) is 11.8. The number of carbonyl (C=O) groups excluding carboxylic acids is 1. The predicted octanol–water partition coefficient (Wildman–Crippen LogP) is 5.28. The van der Waals surface area contributed by atoms with Crippen LogP contribution in [0.15, 0.2) is 53.4 Å². The number of carbonyl (C=O) groups is 1. The number of aryl methyl sites for hydroxylation is 1. The highest BCUT2D eigenvalue weighted by molar-refractivity contribution is 7.98. The number of benzene rings is 2. The second-order valence-electron chi connectivity index (χ2n) is 9.02. The molecule has 1 aliphatic heterocycles. The zero-order valence-corrected chi connectivity index (χ0v) is 20.2. The minimum Gasteiger partial charge on any atom is -0.368 e. The van der Waals surface area contributed by atoms with Crippen molar-refractivity contribution in [2.45, 2.75) is 55.9 Å². The van der Waals surface area contributed by atoms with E-state index in [9.17, 15) is 4.79 Å². The van der Waals surface area contributed by atoms with Crippen LogP contribution in [0.2, 0.25) is 0 Å². The van der Waals surface area contributed by atoms with Gasteiger partial charge in [-0.3, -0.25) is 9.69 Å². The molecule has 1 saturated heterocycles. The monoisotopic (exact) mass is 451 g/mol. The number of anilines is 1. The molecule has 2 aromatic rings. The lowest BCUT2D eigenvalue weighted by Gasteiger charge is -2.36. The average molecular weight is 452 g/mol. The van der Waals surface area contributed by atoms with Crippen molar-refractivity contribution in [3.63, 3.8) is 0 Å². The number of hydrogen-bond donors (Lipinski definition) is 1. The molecule has 0 spiro atoms. The van der Waals surface area contributed by atoms with Crippen molar-refractivity contribution in [2.75, 3.05) is 43.9 Å². The zero-order chi connectivity index (χ0) is 22.2. The van der Waals surface area contributed by atoms with Gasteiger partial charge in [0, 0.05) is 37.5 Å². The molecule has 0 aromatic heterocycles. The summed E-state index contributed by atoms with van der Waals surface area (Å²) in [5, 5.41) is 3.29. The van der Waals surface area contributed by atoms with E-state index in [1.807, 2.05) is 11.8 Å². The summed E-state index contributed by atoms with van der Waals surface area (Å²) >= 11 is 1.83. The Morgan fingerprint density at radius 3 is 2.62 bits per heavy atom. The number of fused-ring (bicyclic) bond motifs is 1. The van der Waals surface area contributed by atoms with Crippen molar-refractivity contribution in [2.24, 2.45) is 0 Å². The van der Waals surface area contributed by atoms with E-state index < -0.39 is 0 Å². The van der Waals surface area contributed by atoms with E-state index in [1.54, 1.807) is 0 Å². The highest BCUT2D eigenvalue weighted by Crippen LogP contribution is 2.30. The largest absolute Gasteiger partial charge is 0.368 e. The van der Waals surface area contributed by atoms with Crippen LogP contribution >= 0.6 is 11.8 Å². The summed E-state index contributed by atoms with van der Waals surface area (Å²) in [6.07, 6.45) is 9.48. The Labute approximate surface area is 197 Å². The van der Waals surface area contributed by atoms with Gasteiger partial charge in [0.1, 0.15) is 0 Å². The first-order valence-corrected chi connectivity index (χ1v) is 13.4. The van der Waals surface area contributed by atoms with Crippen molar-refractivity contribution in [1.82, 2.24) is 10.2 Å². The molecule has 0 radical (unpaired) electrons. The van der Waals surface area contributed by atoms with Gasteiger partial charge < -0.3 is 10.2 Å². The molecular weight excluding hydrogens is 414 g/mol. The number of nitrogens with zero attached hydrogens (tertiary/aromatic N) is 2. The number of amides is 1. The van der Waals surface area contributed by atoms with Crippen LogP contribution in [0.25, 0.3) is 0 Å². The Morgan fingerprint density at radius 2 is 1.78 bits per heavy atom. The highest BCUT2D eigenvalue weighted by Gasteiger charge is 2.21. The topological polar surface area (TPSA) is 35.6 Å². The van der Waals surface area contributed by atoms with Gasteiger partial charge >= 0.3 is 0 Å². The molecule has 1 unspecified atom stereocenters. The highest BCUT2D eigenvalue weighted by atomic mass is 32.2. The number of piperazine rings is 1. The molecule has 1 fully saturated rings. The van der Waals surface area contributed by atoms with Crippen LogP contribution < -0.4 is 10.2 Å². The predicted molar refractivity (Wildman–Crippen MR) is 136 cm³/mol. The molecule has 1 atom stereocenters. The van der Waals surface area contributed by atoms with Gasteiger partial charge in [-0.05, 0) is 68.2 Å². The van der Waals surface area contributed by atoms with Gasteiger partial charge in [0.15, 0.2) is 0 Å². The standard InChI is InChI=1S/C27H37N3OS/c1-32-26-15-7-6-14-25(26)30-20-18-29(19-21-30)17-8-2-3-16-27(31)28-24-13-9-11-22-10-4-5-12-23(22)24/h4-7,10,12,14-15,24H,2-3,8-9,11,13,16-21H2,1H3,(H,28,31). The fourth-order valence-corrected chi connectivity index (χ4v) is 5.69. The van der Waals surface area contributed by atoms with Gasteiger partial charge in [-0.1, -0.05) is 42.8 Å². The Hall–Kier alpha value is -1.98. The maximum absolute atomic E-state index is 12.5. The summed E-state index contributed by atoms with van der Waals surface area (Å²) in [5.41, 5.74) is 4.11. The quantitative estimate of drug-likeness (QED) is 0.415. The summed E-state index contributed by atoms with van der Waals surface area (Å²) in [4.78, 5) is 19.0. The van der Waals surface area contributed by atoms with Gasteiger partial charge in [-0.25, -0.2) is 0 Å². The van der Waals surface area contributed by atoms with E-state index in [0.29, 0.717) is 6.42 Å². The number of unbranched alkanes of at least 4 members (excludes halogenated alkanes) is 2. The molecule has 4 nitrogen and oxygen atoms in total. The minimum absolute atomic E-state index is 0.208. The van der Waals surface area contributed by atoms with E-state index >= 15 is 0 Å². The summed E-state index contributed by atoms with van der Waals surface area (Å²) in [6, 6.07) is 17.5. The second-order valence-corrected chi connectivity index (χ2v) is 9.87. The first-order chi connectivity index (χ1) is 15.7. The minimum atomic E-state index is 0.208. The zero-order valence-electron chi connectivity index (χ0n) is 19.4. The molecule has 1 amide bonds. The van der Waals surface area contributed by atoms with Gasteiger partial charge in [-0.15, -0.1) is 11.8 Å². The van der Waals surface area contributed by atoms with Crippen LogP contribution in [-0.4, -0.2) is 49.8 Å². The van der Waals surface area contributed by atoms with E-state index in [4.69, 9.17) is 0 Å². The molecule has 0 bridgehead atoms. The van der Waals surface area contributed by atoms with Gasteiger partial charge in [0.2, 0.25) is 5.91 Å². The fraction of sp³-hybridized carbons (Fsp3) is 0.519. The summed E-state index contributed by atoms with van der Waals surface area (Å²) in [6.45, 7) is 5.61. The van der Waals surface area contributed by atoms with Crippen LogP contribution in [0.1, 0.15) is 55.7 Å². The lowest BCUT2D eigenvalue weighted by molar-refractivity contribution is -0.122. The fourth-order valence-electron chi connectivity index (χ4n) is 5.07. The van der Waals surface area contributed by atoms with Crippen LogP contribution in [0, 0.1) is 0 Å². The summed E-state index contributed by atoms with van der Waals surface area (Å²) in [7, 11) is 0. The third-order valence-electron chi connectivity index (χ3n) is 6.88. The van der Waals surface area contributed by atoms with E-state index in [1.165, 1.54) is 28.1 Å². The molecule has 5 heteroatoms. The Balaban J connectivity index is 1.11. The maximum Gasteiger partial charge on any atom is 0.220 e. The normalized spacial score (nSPS) is 18.9. The van der Waals surface area contributed by atoms with Crippen molar-refractivity contribution in [3.8, 4) is 0 Å². The number of para-hydroxylation sites is 1. The maximum atomic E-state index is 12.5. The summed E-state index contributed by atoms with van der Waals surface area (Å²) in [5.74, 6) is 0.216. The molecule has 4 rings (SSSR count). The number of rotatable bonds is 9. The van der Waals surface area contributed by atoms with Gasteiger partial charge in [0.05, 0.1) is 11.7 Å². The van der Waals surface area contributed by atoms with Crippen molar-refractivity contribution in [1.29, 1.82) is 0 Å². The van der Waals surface area contributed by atoms with Crippen LogP contribution in [0.4, 0.5) is 5.69 Å². The number of thioether (sulfide) groups is 1. The first-order valence-electron chi connectivity index (χ1n) is 12.2. The summed E-state index contributed by atoms with van der Waals surface area (Å²) < 4.78 is 0. The van der Waals surface area contributed by atoms with E-state index in [2.05, 4.69) is 69.9 Å². The molecule has 32 heavy (non-hydrogen) atoms. The van der Waals surface area contributed by atoms with Crippen LogP contribution in [0.5, 0.6) is 0 Å². The van der Waals surface area contributed by atoms with Crippen LogP contribution in [-0.2, 0) is 11.2 Å². The first kappa shape index (κ1) is 23.2. The van der Waals surface area contributed by atoms with Crippen molar-refractivity contribution >= 4 is 23.4 Å². The molecular formula is C27H37N3OS. The van der Waals surface area contributed by atoms with Crippen molar-refractivity contribution in [3.05, 3.63) is 59.7 Å². The Bertz CT molecular complexity index is 879. The van der Waals surface area contributed by atoms with Crippen molar-refractivity contribution < 1.29 is 4.79 Å². The van der Waals surface area contributed by atoms with Gasteiger partial charge in [-0.2, -0.15) is 0 Å². The average Bonchev–Trinajstić information content (AvgIpc) is 2.84. The smallest absolute Gasteiger partial charge is 0.220 e. The molecule has 0 saturated carbocycles. The number of hydrogen-bond acceptors (Lipinski definition) is 4. The molecule has 2 aromatic carbocycles.